The molecule has 2 rings (SSSR count). The molecule has 20 heavy (non-hydrogen) atoms. The second-order valence-corrected chi connectivity index (χ2v) is 5.88. The van der Waals surface area contributed by atoms with E-state index in [1.165, 1.54) is 10.6 Å². The summed E-state index contributed by atoms with van der Waals surface area (Å²) in [5, 5.41) is 0. The van der Waals surface area contributed by atoms with E-state index in [0.717, 1.165) is 11.5 Å². The average Bonchev–Trinajstić information content (AvgIpc) is 2.53. The van der Waals surface area contributed by atoms with Gasteiger partial charge in [0.05, 0.1) is 7.11 Å². The molecule has 2 nitrogen and oxygen atoms in total. The maximum absolute atomic E-state index is 5.19. The molecule has 106 valence electrons. The van der Waals surface area contributed by atoms with Crippen molar-refractivity contribution in [2.75, 3.05) is 24.8 Å². The first-order chi connectivity index (χ1) is 9.70. The monoisotopic (exact) mass is 287 g/mol. The summed E-state index contributed by atoms with van der Waals surface area (Å²) >= 11 is 1.89. The van der Waals surface area contributed by atoms with Crippen molar-refractivity contribution in [3.8, 4) is 5.75 Å². The molecule has 0 fully saturated rings. The van der Waals surface area contributed by atoms with Gasteiger partial charge in [-0.2, -0.15) is 0 Å². The van der Waals surface area contributed by atoms with Gasteiger partial charge in [-0.1, -0.05) is 18.2 Å². The molecule has 0 aromatic heterocycles. The van der Waals surface area contributed by atoms with Crippen LogP contribution in [0.2, 0.25) is 0 Å². The van der Waals surface area contributed by atoms with Gasteiger partial charge in [-0.15, -0.1) is 11.8 Å². The second kappa shape index (κ2) is 7.25. The molecule has 0 radical (unpaired) electrons. The zero-order valence-corrected chi connectivity index (χ0v) is 13.1. The van der Waals surface area contributed by atoms with Crippen LogP contribution >= 0.6 is 11.8 Å². The summed E-state index contributed by atoms with van der Waals surface area (Å²) < 4.78 is 5.19. The largest absolute Gasteiger partial charge is 0.497 e. The van der Waals surface area contributed by atoms with Crippen molar-refractivity contribution in [2.45, 2.75) is 17.9 Å². The minimum absolute atomic E-state index is 0.466. The summed E-state index contributed by atoms with van der Waals surface area (Å²) in [6.07, 6.45) is 0. The van der Waals surface area contributed by atoms with E-state index in [1.54, 1.807) is 7.11 Å². The van der Waals surface area contributed by atoms with E-state index in [1.807, 2.05) is 23.9 Å². The van der Waals surface area contributed by atoms with Crippen LogP contribution in [0.25, 0.3) is 0 Å². The number of hydrogen-bond donors (Lipinski definition) is 0. The van der Waals surface area contributed by atoms with Crippen LogP contribution in [0.5, 0.6) is 5.75 Å². The Morgan fingerprint density at radius 3 is 2.30 bits per heavy atom. The minimum atomic E-state index is 0.466. The SMILES string of the molecule is COc1ccc(N(C)C(C)CSc2ccccc2)cc1. The predicted octanol–water partition coefficient (Wildman–Crippen LogP) is 4.31. The molecule has 1 unspecified atom stereocenters. The zero-order chi connectivity index (χ0) is 14.4. The van der Waals surface area contributed by atoms with Crippen LogP contribution in [0.3, 0.4) is 0 Å². The number of methoxy groups -OCH3 is 1. The lowest BCUT2D eigenvalue weighted by molar-refractivity contribution is 0.415. The normalized spacial score (nSPS) is 11.9. The Hall–Kier alpha value is -1.61. The van der Waals surface area contributed by atoms with Crippen LogP contribution in [0.15, 0.2) is 59.5 Å². The van der Waals surface area contributed by atoms with Crippen molar-refractivity contribution in [1.82, 2.24) is 0 Å². The van der Waals surface area contributed by atoms with Crippen LogP contribution in [0, 0.1) is 0 Å². The van der Waals surface area contributed by atoms with Crippen molar-refractivity contribution in [3.63, 3.8) is 0 Å². The summed E-state index contributed by atoms with van der Waals surface area (Å²) in [6, 6.07) is 19.2. The molecule has 3 heteroatoms. The smallest absolute Gasteiger partial charge is 0.119 e. The van der Waals surface area contributed by atoms with E-state index in [9.17, 15) is 0 Å². The highest BCUT2D eigenvalue weighted by atomic mass is 32.2. The first kappa shape index (κ1) is 14.8. The molecule has 0 heterocycles. The van der Waals surface area contributed by atoms with Gasteiger partial charge >= 0.3 is 0 Å². The minimum Gasteiger partial charge on any atom is -0.497 e. The Balaban J connectivity index is 1.92. The molecular formula is C17H21NOS. The number of rotatable bonds is 6. The van der Waals surface area contributed by atoms with Gasteiger partial charge in [-0.3, -0.25) is 0 Å². The fourth-order valence-corrected chi connectivity index (χ4v) is 2.92. The molecule has 1 atom stereocenters. The lowest BCUT2D eigenvalue weighted by atomic mass is 10.2. The Morgan fingerprint density at radius 1 is 1.05 bits per heavy atom. The number of anilines is 1. The summed E-state index contributed by atoms with van der Waals surface area (Å²) in [7, 11) is 3.83. The number of benzene rings is 2. The van der Waals surface area contributed by atoms with Crippen molar-refractivity contribution in [1.29, 1.82) is 0 Å². The number of nitrogens with zero attached hydrogens (tertiary/aromatic N) is 1. The number of ether oxygens (including phenoxy) is 1. The number of hydrogen-bond acceptors (Lipinski definition) is 3. The van der Waals surface area contributed by atoms with Crippen molar-refractivity contribution >= 4 is 17.4 Å². The van der Waals surface area contributed by atoms with E-state index in [0.29, 0.717) is 6.04 Å². The van der Waals surface area contributed by atoms with Crippen LogP contribution < -0.4 is 9.64 Å². The zero-order valence-electron chi connectivity index (χ0n) is 12.2. The third kappa shape index (κ3) is 3.94. The topological polar surface area (TPSA) is 12.5 Å². The molecule has 0 spiro atoms. The molecule has 0 bridgehead atoms. The van der Waals surface area contributed by atoms with Gasteiger partial charge in [-0.05, 0) is 43.3 Å². The van der Waals surface area contributed by atoms with Gasteiger partial charge in [0.2, 0.25) is 0 Å². The van der Waals surface area contributed by atoms with Gasteiger partial charge in [0.25, 0.3) is 0 Å². The number of thioether (sulfide) groups is 1. The second-order valence-electron chi connectivity index (χ2n) is 4.78. The van der Waals surface area contributed by atoms with E-state index in [2.05, 4.69) is 61.3 Å². The molecule has 0 aliphatic heterocycles. The standard InChI is InChI=1S/C17H21NOS/c1-14(13-20-17-7-5-4-6-8-17)18(2)15-9-11-16(19-3)12-10-15/h4-12,14H,13H2,1-3H3. The maximum Gasteiger partial charge on any atom is 0.119 e. The quantitative estimate of drug-likeness (QED) is 0.735. The van der Waals surface area contributed by atoms with Crippen molar-refractivity contribution in [3.05, 3.63) is 54.6 Å². The summed E-state index contributed by atoms with van der Waals surface area (Å²) in [6.45, 7) is 2.25. The third-order valence-corrected chi connectivity index (χ3v) is 4.63. The van der Waals surface area contributed by atoms with Crippen LogP contribution in [-0.4, -0.2) is 26.0 Å². The lowest BCUT2D eigenvalue weighted by Gasteiger charge is -2.27. The Bertz CT molecular complexity index is 512. The molecular weight excluding hydrogens is 266 g/mol. The summed E-state index contributed by atoms with van der Waals surface area (Å²) in [4.78, 5) is 3.62. The highest BCUT2D eigenvalue weighted by Gasteiger charge is 2.10. The molecule has 0 aliphatic carbocycles. The van der Waals surface area contributed by atoms with Crippen LogP contribution in [0.1, 0.15) is 6.92 Å². The third-order valence-electron chi connectivity index (χ3n) is 3.38. The molecule has 2 aromatic rings. The van der Waals surface area contributed by atoms with Crippen molar-refractivity contribution < 1.29 is 4.74 Å². The van der Waals surface area contributed by atoms with E-state index >= 15 is 0 Å². The van der Waals surface area contributed by atoms with Gasteiger partial charge in [-0.25, -0.2) is 0 Å². The Labute approximate surface area is 125 Å². The van der Waals surface area contributed by atoms with E-state index in [-0.39, 0.29) is 0 Å². The molecule has 0 aliphatic rings. The molecule has 2 aromatic carbocycles. The van der Waals surface area contributed by atoms with Gasteiger partial charge in [0, 0.05) is 29.4 Å². The van der Waals surface area contributed by atoms with Gasteiger partial charge in [0.1, 0.15) is 5.75 Å². The van der Waals surface area contributed by atoms with Gasteiger partial charge < -0.3 is 9.64 Å². The maximum atomic E-state index is 5.19. The molecule has 0 N–H and O–H groups in total. The average molecular weight is 287 g/mol. The summed E-state index contributed by atoms with van der Waals surface area (Å²) in [5.74, 6) is 1.96. The van der Waals surface area contributed by atoms with E-state index < -0.39 is 0 Å². The first-order valence-electron chi connectivity index (χ1n) is 6.75. The fraction of sp³-hybridized carbons (Fsp3) is 0.294. The summed E-state index contributed by atoms with van der Waals surface area (Å²) in [5.41, 5.74) is 1.21. The molecule has 0 saturated heterocycles. The first-order valence-corrected chi connectivity index (χ1v) is 7.74. The van der Waals surface area contributed by atoms with Gasteiger partial charge in [0.15, 0.2) is 0 Å². The molecule has 0 amide bonds. The molecule has 0 saturated carbocycles. The lowest BCUT2D eigenvalue weighted by Crippen LogP contribution is -2.30. The van der Waals surface area contributed by atoms with Crippen molar-refractivity contribution in [2.24, 2.45) is 0 Å². The van der Waals surface area contributed by atoms with E-state index in [4.69, 9.17) is 4.74 Å². The Morgan fingerprint density at radius 2 is 1.70 bits per heavy atom. The van der Waals surface area contributed by atoms with Crippen LogP contribution in [-0.2, 0) is 0 Å². The highest BCUT2D eigenvalue weighted by Crippen LogP contribution is 2.23. The highest BCUT2D eigenvalue weighted by molar-refractivity contribution is 7.99. The van der Waals surface area contributed by atoms with Crippen LogP contribution in [0.4, 0.5) is 5.69 Å². The Kier molecular flexibility index (Phi) is 5.36. The fourth-order valence-electron chi connectivity index (χ4n) is 1.92. The predicted molar refractivity (Wildman–Crippen MR) is 88.0 cm³/mol.